The van der Waals surface area contributed by atoms with Gasteiger partial charge in [-0.05, 0) is 103 Å². The quantitative estimate of drug-likeness (QED) is 0.0262. The average molecular weight is 946 g/mol. The van der Waals surface area contributed by atoms with Crippen molar-refractivity contribution in [1.82, 2.24) is 5.32 Å². The first-order valence-electron chi connectivity index (χ1n) is 26.4. The van der Waals surface area contributed by atoms with Crippen LogP contribution in [0.2, 0.25) is 0 Å². The fourth-order valence-corrected chi connectivity index (χ4v) is 7.28. The summed E-state index contributed by atoms with van der Waals surface area (Å²) in [6.45, 7) is 3.59. The smallest absolute Gasteiger partial charge is 0.220 e. The molecule has 0 aromatic heterocycles. The predicted octanol–water partition coefficient (Wildman–Crippen LogP) is 12.6. The molecule has 1 aliphatic heterocycles. The zero-order chi connectivity index (χ0) is 49.4. The summed E-state index contributed by atoms with van der Waals surface area (Å²) in [7, 11) is 0. The standard InChI is InChI=1S/C59H95NO8/c1-3-5-7-9-11-13-15-17-19-20-21-22-23-24-25-26-27-28-29-30-31-32-33-34-35-37-39-41-43-45-47-49-55(63)60-52(51-67-59-58(66)57(65)56(64)54(50-61)68-59)53(62)48-46-44-42-40-38-36-18-16-14-12-10-8-6-4-2/h5,7,11,13,17,19,21-22,24-25,27-28,30-31,33-34,37-40,46,48,52-54,56-59,61-62,64-66H,3-4,6,8-10,12,14-16,18,20,23,26,29,32,35-36,41-45,47,49-51H2,1-2H3,(H,60,63)/b7-5-,13-11-,19-17-,22-21-,25-24-,28-27-,31-30-,34-33-,39-37-,40-38+,48-46+. The Hall–Kier alpha value is -3.67. The van der Waals surface area contributed by atoms with Crippen molar-refractivity contribution < 1.29 is 39.8 Å². The fourth-order valence-electron chi connectivity index (χ4n) is 7.28. The second-order valence-electron chi connectivity index (χ2n) is 17.6. The van der Waals surface area contributed by atoms with Gasteiger partial charge in [-0.2, -0.15) is 0 Å². The van der Waals surface area contributed by atoms with Gasteiger partial charge >= 0.3 is 0 Å². The Labute approximate surface area is 413 Å². The monoisotopic (exact) mass is 946 g/mol. The molecule has 7 atom stereocenters. The Morgan fingerprint density at radius 1 is 0.515 bits per heavy atom. The highest BCUT2D eigenvalue weighted by molar-refractivity contribution is 5.76. The lowest BCUT2D eigenvalue weighted by Gasteiger charge is -2.40. The minimum atomic E-state index is -1.59. The van der Waals surface area contributed by atoms with Crippen LogP contribution in [0, 0.1) is 0 Å². The Kier molecular flexibility index (Phi) is 43.1. The number of aliphatic hydroxyl groups excluding tert-OH is 5. The van der Waals surface area contributed by atoms with Crippen LogP contribution in [0.25, 0.3) is 0 Å². The molecular formula is C59H95NO8. The molecule has 1 amide bonds. The highest BCUT2D eigenvalue weighted by atomic mass is 16.7. The number of hydrogen-bond acceptors (Lipinski definition) is 8. The maximum absolute atomic E-state index is 13.0. The van der Waals surface area contributed by atoms with Gasteiger partial charge in [0, 0.05) is 6.42 Å². The topological polar surface area (TPSA) is 149 Å². The van der Waals surface area contributed by atoms with Crippen molar-refractivity contribution in [3.63, 3.8) is 0 Å². The summed E-state index contributed by atoms with van der Waals surface area (Å²) in [6, 6.07) is -0.849. The molecule has 0 radical (unpaired) electrons. The lowest BCUT2D eigenvalue weighted by molar-refractivity contribution is -0.302. The van der Waals surface area contributed by atoms with Gasteiger partial charge in [0.1, 0.15) is 24.4 Å². The van der Waals surface area contributed by atoms with E-state index in [-0.39, 0.29) is 18.9 Å². The summed E-state index contributed by atoms with van der Waals surface area (Å²) in [4.78, 5) is 13.0. The van der Waals surface area contributed by atoms with Gasteiger partial charge in [-0.1, -0.05) is 199 Å². The van der Waals surface area contributed by atoms with Gasteiger partial charge in [-0.25, -0.2) is 0 Å². The van der Waals surface area contributed by atoms with Gasteiger partial charge in [0.05, 0.1) is 25.4 Å². The molecule has 9 heteroatoms. The van der Waals surface area contributed by atoms with Crippen LogP contribution in [-0.4, -0.2) is 87.5 Å². The minimum Gasteiger partial charge on any atom is -0.394 e. The van der Waals surface area contributed by atoms with E-state index in [9.17, 15) is 30.3 Å². The normalized spacial score (nSPS) is 20.7. The van der Waals surface area contributed by atoms with E-state index in [0.29, 0.717) is 6.42 Å². The summed E-state index contributed by atoms with van der Waals surface area (Å²) in [5.41, 5.74) is 0. The molecule has 1 heterocycles. The predicted molar refractivity (Wildman–Crippen MR) is 285 cm³/mol. The summed E-state index contributed by atoms with van der Waals surface area (Å²) in [5.74, 6) is -0.226. The van der Waals surface area contributed by atoms with Crippen LogP contribution in [0.15, 0.2) is 134 Å². The SMILES string of the molecule is CC/C=C\C/C=C\C/C=C\C/C=C\C/C=C\C/C=C\C/C=C\C/C=C\C/C=C\CCCCCC(=O)NC(COC1OC(CO)C(O)C(O)C1O)C(O)/C=C/CC/C=C/CCCCCCCCCC. The second kappa shape index (κ2) is 47.0. The van der Waals surface area contributed by atoms with E-state index < -0.39 is 49.5 Å². The number of ether oxygens (including phenoxy) is 2. The van der Waals surface area contributed by atoms with E-state index in [1.54, 1.807) is 6.08 Å². The number of unbranched alkanes of at least 4 members (excludes halogenated alkanes) is 12. The lowest BCUT2D eigenvalue weighted by Crippen LogP contribution is -2.60. The third-order valence-corrected chi connectivity index (χ3v) is 11.5. The number of carbonyl (C=O) groups excluding carboxylic acids is 1. The van der Waals surface area contributed by atoms with E-state index in [0.717, 1.165) is 96.3 Å². The van der Waals surface area contributed by atoms with Crippen LogP contribution >= 0.6 is 0 Å². The molecule has 0 saturated carbocycles. The van der Waals surface area contributed by atoms with E-state index in [1.807, 2.05) is 6.08 Å². The molecule has 1 fully saturated rings. The van der Waals surface area contributed by atoms with Crippen molar-refractivity contribution in [1.29, 1.82) is 0 Å². The number of rotatable bonds is 42. The van der Waals surface area contributed by atoms with Crippen molar-refractivity contribution in [2.24, 2.45) is 0 Å². The first-order chi connectivity index (χ1) is 33.3. The van der Waals surface area contributed by atoms with Gasteiger partial charge in [-0.15, -0.1) is 0 Å². The van der Waals surface area contributed by atoms with Crippen molar-refractivity contribution in [2.45, 2.75) is 217 Å². The number of hydrogen-bond donors (Lipinski definition) is 6. The lowest BCUT2D eigenvalue weighted by atomic mass is 9.99. The van der Waals surface area contributed by atoms with E-state index in [1.165, 1.54) is 51.4 Å². The zero-order valence-corrected chi connectivity index (χ0v) is 42.3. The van der Waals surface area contributed by atoms with E-state index in [2.05, 4.69) is 141 Å². The van der Waals surface area contributed by atoms with Crippen molar-refractivity contribution in [3.8, 4) is 0 Å². The van der Waals surface area contributed by atoms with Crippen LogP contribution in [0.5, 0.6) is 0 Å². The van der Waals surface area contributed by atoms with Gasteiger partial charge < -0.3 is 40.3 Å². The molecule has 0 bridgehead atoms. The molecule has 7 unspecified atom stereocenters. The average Bonchev–Trinajstić information content (AvgIpc) is 3.34. The molecule has 384 valence electrons. The number of aliphatic hydroxyl groups is 5. The van der Waals surface area contributed by atoms with Crippen molar-refractivity contribution in [2.75, 3.05) is 13.2 Å². The first-order valence-corrected chi connectivity index (χ1v) is 26.4. The Morgan fingerprint density at radius 2 is 0.926 bits per heavy atom. The summed E-state index contributed by atoms with van der Waals surface area (Å²) in [5, 5.41) is 54.3. The Morgan fingerprint density at radius 3 is 1.41 bits per heavy atom. The highest BCUT2D eigenvalue weighted by Crippen LogP contribution is 2.22. The number of amides is 1. The maximum atomic E-state index is 13.0. The van der Waals surface area contributed by atoms with Crippen LogP contribution in [0.1, 0.15) is 174 Å². The third-order valence-electron chi connectivity index (χ3n) is 11.5. The molecule has 68 heavy (non-hydrogen) atoms. The number of carbonyl (C=O) groups is 1. The molecule has 9 nitrogen and oxygen atoms in total. The number of nitrogens with one attached hydrogen (secondary N) is 1. The molecule has 0 aliphatic carbocycles. The van der Waals surface area contributed by atoms with Gasteiger partial charge in [-0.3, -0.25) is 4.79 Å². The van der Waals surface area contributed by atoms with Crippen LogP contribution in [0.3, 0.4) is 0 Å². The van der Waals surface area contributed by atoms with Crippen molar-refractivity contribution >= 4 is 5.91 Å². The molecule has 0 aromatic carbocycles. The van der Waals surface area contributed by atoms with Gasteiger partial charge in [0.2, 0.25) is 5.91 Å². The highest BCUT2D eigenvalue weighted by Gasteiger charge is 2.44. The molecule has 1 saturated heterocycles. The molecule has 0 spiro atoms. The third kappa shape index (κ3) is 36.3. The second-order valence-corrected chi connectivity index (χ2v) is 17.6. The molecule has 6 N–H and O–H groups in total. The molecule has 1 rings (SSSR count). The van der Waals surface area contributed by atoms with Crippen LogP contribution < -0.4 is 5.32 Å². The largest absolute Gasteiger partial charge is 0.394 e. The van der Waals surface area contributed by atoms with Gasteiger partial charge in [0.15, 0.2) is 6.29 Å². The molecule has 0 aromatic rings. The summed E-state index contributed by atoms with van der Waals surface area (Å²) >= 11 is 0. The minimum absolute atomic E-state index is 0.224. The Balaban J connectivity index is 2.31. The number of allylic oxidation sites excluding steroid dienone is 21. The van der Waals surface area contributed by atoms with Crippen LogP contribution in [-0.2, 0) is 14.3 Å². The fraction of sp³-hybridized carbons (Fsp3) is 0.610. The maximum Gasteiger partial charge on any atom is 0.220 e. The molecule has 1 aliphatic rings. The van der Waals surface area contributed by atoms with Crippen molar-refractivity contribution in [3.05, 3.63) is 134 Å². The zero-order valence-electron chi connectivity index (χ0n) is 42.3. The first kappa shape index (κ1) is 62.3. The molecular weight excluding hydrogens is 851 g/mol. The van der Waals surface area contributed by atoms with Crippen LogP contribution in [0.4, 0.5) is 0 Å². The summed E-state index contributed by atoms with van der Waals surface area (Å²) in [6.07, 6.45) is 65.0. The Bertz CT molecular complexity index is 1520. The van der Waals surface area contributed by atoms with Gasteiger partial charge in [0.25, 0.3) is 0 Å². The summed E-state index contributed by atoms with van der Waals surface area (Å²) < 4.78 is 11.2. The van der Waals surface area contributed by atoms with E-state index in [4.69, 9.17) is 9.47 Å². The van der Waals surface area contributed by atoms with E-state index >= 15 is 0 Å².